The Hall–Kier alpha value is -3.39. The smallest absolute Gasteiger partial charge is 0.224 e. The van der Waals surface area contributed by atoms with E-state index in [1.807, 2.05) is 13.8 Å². The molecule has 9 heteroatoms. The lowest BCUT2D eigenvalue weighted by molar-refractivity contribution is 0.514. The molecular formula is C23H15ClF4N4. The van der Waals surface area contributed by atoms with Crippen molar-refractivity contribution in [2.45, 2.75) is 19.3 Å². The Morgan fingerprint density at radius 1 is 0.656 bits per heavy atom. The topological polar surface area (TPSA) is 51.6 Å². The Morgan fingerprint density at radius 3 is 1.81 bits per heavy atom. The van der Waals surface area contributed by atoms with Gasteiger partial charge in [0.25, 0.3) is 0 Å². The predicted octanol–water partition coefficient (Wildman–Crippen LogP) is 6.14. The molecule has 0 saturated heterocycles. The minimum Gasteiger partial charge on any atom is -0.252 e. The van der Waals surface area contributed by atoms with E-state index in [0.29, 0.717) is 11.4 Å². The van der Waals surface area contributed by atoms with E-state index in [0.717, 1.165) is 12.1 Å². The van der Waals surface area contributed by atoms with Crippen molar-refractivity contribution in [3.63, 3.8) is 0 Å². The summed E-state index contributed by atoms with van der Waals surface area (Å²) in [5.74, 6) is -3.86. The average molecular weight is 459 g/mol. The molecule has 4 heterocycles. The Labute approximate surface area is 186 Å². The van der Waals surface area contributed by atoms with Gasteiger partial charge in [-0.1, -0.05) is 17.7 Å². The molecule has 0 atom stereocenters. The van der Waals surface area contributed by atoms with Gasteiger partial charge < -0.3 is 0 Å². The molecule has 4 aromatic heterocycles. The number of halogens is 5. The fraction of sp³-hybridized carbons (Fsp3) is 0.130. The van der Waals surface area contributed by atoms with Gasteiger partial charge in [0.15, 0.2) is 0 Å². The van der Waals surface area contributed by atoms with Crippen LogP contribution in [0.2, 0.25) is 5.02 Å². The third kappa shape index (κ3) is 4.18. The molecule has 4 rings (SSSR count). The molecule has 0 bridgehead atoms. The zero-order valence-electron chi connectivity index (χ0n) is 16.9. The van der Waals surface area contributed by atoms with E-state index < -0.39 is 29.2 Å². The first-order valence-electron chi connectivity index (χ1n) is 9.45. The van der Waals surface area contributed by atoms with Crippen molar-refractivity contribution < 1.29 is 17.6 Å². The summed E-state index contributed by atoms with van der Waals surface area (Å²) in [5, 5.41) is 0.284. The lowest BCUT2D eigenvalue weighted by Gasteiger charge is -2.25. The highest BCUT2D eigenvalue weighted by molar-refractivity contribution is 6.30. The number of rotatable bonds is 4. The highest BCUT2D eigenvalue weighted by Crippen LogP contribution is 2.34. The quantitative estimate of drug-likeness (QED) is 0.272. The van der Waals surface area contributed by atoms with Gasteiger partial charge in [-0.2, -0.15) is 27.5 Å². The van der Waals surface area contributed by atoms with E-state index in [-0.39, 0.29) is 27.5 Å². The zero-order valence-corrected chi connectivity index (χ0v) is 17.6. The number of aromatic nitrogens is 4. The van der Waals surface area contributed by atoms with Crippen molar-refractivity contribution in [2.24, 2.45) is 0 Å². The van der Waals surface area contributed by atoms with Crippen LogP contribution in [-0.4, -0.2) is 19.9 Å². The maximum absolute atomic E-state index is 14.2. The van der Waals surface area contributed by atoms with E-state index in [2.05, 4.69) is 19.9 Å². The van der Waals surface area contributed by atoms with E-state index in [1.165, 1.54) is 18.2 Å². The molecule has 0 amide bonds. The van der Waals surface area contributed by atoms with E-state index in [4.69, 9.17) is 11.6 Å². The van der Waals surface area contributed by atoms with Crippen LogP contribution in [0.25, 0.3) is 22.5 Å². The molecule has 0 aliphatic rings. The Balaban J connectivity index is 1.79. The van der Waals surface area contributed by atoms with Gasteiger partial charge in [0.1, 0.15) is 0 Å². The second-order valence-electron chi connectivity index (χ2n) is 7.53. The highest BCUT2D eigenvalue weighted by Gasteiger charge is 2.28. The molecule has 32 heavy (non-hydrogen) atoms. The van der Waals surface area contributed by atoms with Crippen molar-refractivity contribution in [1.82, 2.24) is 19.9 Å². The number of nitrogens with zero attached hydrogens (tertiary/aromatic N) is 4. The Bertz CT molecular complexity index is 1330. The molecular weight excluding hydrogens is 444 g/mol. The van der Waals surface area contributed by atoms with Crippen molar-refractivity contribution >= 4 is 11.6 Å². The largest absolute Gasteiger partial charge is 0.252 e. The Morgan fingerprint density at radius 2 is 1.22 bits per heavy atom. The molecule has 0 aromatic carbocycles. The predicted molar refractivity (Wildman–Crippen MR) is 112 cm³/mol. The summed E-state index contributed by atoms with van der Waals surface area (Å²) in [4.78, 5) is 15.4. The summed E-state index contributed by atoms with van der Waals surface area (Å²) in [7, 11) is 0. The van der Waals surface area contributed by atoms with Crippen LogP contribution >= 0.6 is 11.6 Å². The second-order valence-corrected chi connectivity index (χ2v) is 7.97. The van der Waals surface area contributed by atoms with Crippen LogP contribution in [0.15, 0.2) is 54.6 Å². The SMILES string of the molecule is CC(C)(c1cccc(-c2ccc(F)nc2F)n1)c1cc(Cl)cc(-c2ccc(F)nc2F)n1. The van der Waals surface area contributed by atoms with Crippen LogP contribution in [0.4, 0.5) is 17.6 Å². The third-order valence-corrected chi connectivity index (χ3v) is 5.22. The van der Waals surface area contributed by atoms with Crippen LogP contribution in [0, 0.1) is 23.8 Å². The summed E-state index contributed by atoms with van der Waals surface area (Å²) < 4.78 is 54.7. The minimum absolute atomic E-state index is 0.00730. The number of hydrogen-bond donors (Lipinski definition) is 0. The van der Waals surface area contributed by atoms with Crippen molar-refractivity contribution in [1.29, 1.82) is 0 Å². The normalized spacial score (nSPS) is 11.6. The van der Waals surface area contributed by atoms with Crippen LogP contribution in [0.1, 0.15) is 25.2 Å². The second kappa shape index (κ2) is 8.27. The maximum Gasteiger partial charge on any atom is 0.224 e. The molecule has 0 spiro atoms. The molecule has 0 aliphatic carbocycles. The average Bonchev–Trinajstić information content (AvgIpc) is 2.73. The van der Waals surface area contributed by atoms with Gasteiger partial charge in [0.05, 0.1) is 33.9 Å². The van der Waals surface area contributed by atoms with Gasteiger partial charge in [-0.15, -0.1) is 0 Å². The zero-order chi connectivity index (χ0) is 23.0. The van der Waals surface area contributed by atoms with Gasteiger partial charge in [-0.05, 0) is 62.4 Å². The maximum atomic E-state index is 14.2. The van der Waals surface area contributed by atoms with Crippen LogP contribution in [0.5, 0.6) is 0 Å². The first-order valence-corrected chi connectivity index (χ1v) is 9.83. The van der Waals surface area contributed by atoms with Crippen LogP contribution < -0.4 is 0 Å². The summed E-state index contributed by atoms with van der Waals surface area (Å²) in [6.45, 7) is 3.64. The Kier molecular flexibility index (Phi) is 5.64. The monoisotopic (exact) mass is 458 g/mol. The van der Waals surface area contributed by atoms with Gasteiger partial charge in [0.2, 0.25) is 23.8 Å². The number of pyridine rings is 4. The van der Waals surface area contributed by atoms with Crippen molar-refractivity contribution in [3.05, 3.63) is 94.8 Å². The van der Waals surface area contributed by atoms with Gasteiger partial charge in [0, 0.05) is 10.4 Å². The standard InChI is InChI=1S/C23H15ClF4N4/c1-23(2,17-5-3-4-15(29-17)13-6-8-19(25)31-21(13)27)18-11-12(24)10-16(30-18)14-7-9-20(26)32-22(14)28/h3-11H,1-2H3. The van der Waals surface area contributed by atoms with Crippen molar-refractivity contribution in [2.75, 3.05) is 0 Å². The van der Waals surface area contributed by atoms with E-state index >= 15 is 0 Å². The molecule has 0 N–H and O–H groups in total. The summed E-state index contributed by atoms with van der Waals surface area (Å²) >= 11 is 6.27. The molecule has 0 saturated carbocycles. The van der Waals surface area contributed by atoms with Crippen molar-refractivity contribution in [3.8, 4) is 22.5 Å². The minimum atomic E-state index is -1.01. The van der Waals surface area contributed by atoms with Crippen LogP contribution in [0.3, 0.4) is 0 Å². The summed E-state index contributed by atoms with van der Waals surface area (Å²) in [6, 6.07) is 12.6. The lowest BCUT2D eigenvalue weighted by Crippen LogP contribution is -2.22. The molecule has 0 radical (unpaired) electrons. The van der Waals surface area contributed by atoms with E-state index in [9.17, 15) is 17.6 Å². The first kappa shape index (κ1) is 21.8. The number of hydrogen-bond acceptors (Lipinski definition) is 4. The van der Waals surface area contributed by atoms with Crippen LogP contribution in [-0.2, 0) is 5.41 Å². The lowest BCUT2D eigenvalue weighted by atomic mass is 9.84. The molecule has 0 aliphatic heterocycles. The molecule has 162 valence electrons. The summed E-state index contributed by atoms with van der Waals surface area (Å²) in [5.41, 5.74) is 0.592. The van der Waals surface area contributed by atoms with Gasteiger partial charge in [-0.25, -0.2) is 0 Å². The summed E-state index contributed by atoms with van der Waals surface area (Å²) in [6.07, 6.45) is 0. The molecule has 0 fully saturated rings. The molecule has 4 nitrogen and oxygen atoms in total. The fourth-order valence-corrected chi connectivity index (χ4v) is 3.43. The highest BCUT2D eigenvalue weighted by atomic mass is 35.5. The fourth-order valence-electron chi connectivity index (χ4n) is 3.23. The van der Waals surface area contributed by atoms with E-state index in [1.54, 1.807) is 24.3 Å². The van der Waals surface area contributed by atoms with Gasteiger partial charge in [-0.3, -0.25) is 9.97 Å². The first-order chi connectivity index (χ1) is 15.1. The third-order valence-electron chi connectivity index (χ3n) is 5.00. The van der Waals surface area contributed by atoms with Gasteiger partial charge >= 0.3 is 0 Å². The molecule has 0 unspecified atom stereocenters. The molecule has 4 aromatic rings.